The van der Waals surface area contributed by atoms with Crippen molar-refractivity contribution in [2.45, 2.75) is 32.5 Å². The van der Waals surface area contributed by atoms with Gasteiger partial charge in [0.1, 0.15) is 5.60 Å². The monoisotopic (exact) mass is 323 g/mol. The van der Waals surface area contributed by atoms with E-state index in [0.29, 0.717) is 0 Å². The lowest BCUT2D eigenvalue weighted by Crippen LogP contribution is -2.29. The van der Waals surface area contributed by atoms with Crippen molar-refractivity contribution in [3.05, 3.63) is 28.8 Å². The van der Waals surface area contributed by atoms with Gasteiger partial charge in [0.15, 0.2) is 0 Å². The lowest BCUT2D eigenvalue weighted by atomic mass is 10.1. The Kier molecular flexibility index (Phi) is 4.88. The number of carbonyl (C=O) groups is 2. The highest BCUT2D eigenvalue weighted by Crippen LogP contribution is 2.28. The number of ether oxygens (including phenoxy) is 1. The van der Waals surface area contributed by atoms with E-state index in [0.717, 1.165) is 18.2 Å². The lowest BCUT2D eigenvalue weighted by Gasteiger charge is -2.20. The largest absolute Gasteiger partial charge is 0.454 e. The first-order valence-corrected chi connectivity index (χ1v) is 6.19. The van der Waals surface area contributed by atoms with Crippen LogP contribution in [0.1, 0.15) is 31.1 Å². The first-order valence-electron chi connectivity index (χ1n) is 5.81. The number of carbonyl (C=O) groups excluding carboxylic acids is 2. The molecule has 1 aromatic rings. The highest BCUT2D eigenvalue weighted by atomic mass is 35.5. The van der Waals surface area contributed by atoms with Crippen LogP contribution in [0.2, 0.25) is 5.02 Å². The second-order valence-corrected chi connectivity index (χ2v) is 5.58. The van der Waals surface area contributed by atoms with Gasteiger partial charge < -0.3 is 4.74 Å². The molecule has 0 bridgehead atoms. The molecule has 0 spiro atoms. The molecule has 4 nitrogen and oxygen atoms in total. The van der Waals surface area contributed by atoms with Crippen LogP contribution in [-0.2, 0) is 4.74 Å². The molecule has 0 aliphatic heterocycles. The molecule has 8 heteroatoms. The molecule has 1 amide bonds. The Morgan fingerprint density at radius 3 is 2.24 bits per heavy atom. The Morgan fingerprint density at radius 1 is 1.19 bits per heavy atom. The van der Waals surface area contributed by atoms with Crippen LogP contribution in [0.15, 0.2) is 18.2 Å². The number of halogens is 4. The summed E-state index contributed by atoms with van der Waals surface area (Å²) in [6.07, 6.45) is -6.04. The number of alkyl halides is 3. The third-order valence-corrected chi connectivity index (χ3v) is 2.35. The van der Waals surface area contributed by atoms with Crippen molar-refractivity contribution < 1.29 is 27.5 Å². The zero-order valence-corrected chi connectivity index (χ0v) is 12.2. The van der Waals surface area contributed by atoms with Gasteiger partial charge in [-0.3, -0.25) is 10.1 Å². The molecule has 0 radical (unpaired) electrons. The van der Waals surface area contributed by atoms with E-state index >= 15 is 0 Å². The molecule has 0 saturated carbocycles. The summed E-state index contributed by atoms with van der Waals surface area (Å²) in [4.78, 5) is 22.9. The van der Waals surface area contributed by atoms with Gasteiger partial charge in [-0.25, -0.2) is 4.79 Å². The second-order valence-electron chi connectivity index (χ2n) is 5.14. The zero-order valence-electron chi connectivity index (χ0n) is 11.5. The minimum atomic E-state index is -5.06. The average Bonchev–Trinajstić information content (AvgIpc) is 2.24. The topological polar surface area (TPSA) is 55.4 Å². The maximum Gasteiger partial charge on any atom is 0.454 e. The van der Waals surface area contributed by atoms with Crippen molar-refractivity contribution >= 4 is 29.2 Å². The van der Waals surface area contributed by atoms with Crippen molar-refractivity contribution in [2.24, 2.45) is 0 Å². The fraction of sp³-hybridized carbons (Fsp3) is 0.385. The summed E-state index contributed by atoms with van der Waals surface area (Å²) >= 11 is 5.67. The van der Waals surface area contributed by atoms with Crippen LogP contribution in [0.25, 0.3) is 0 Å². The molecule has 0 unspecified atom stereocenters. The van der Waals surface area contributed by atoms with Gasteiger partial charge in [0.25, 0.3) is 5.78 Å². The predicted molar refractivity (Wildman–Crippen MR) is 71.7 cm³/mol. The number of anilines is 1. The van der Waals surface area contributed by atoms with Crippen molar-refractivity contribution in [2.75, 3.05) is 5.32 Å². The average molecular weight is 324 g/mol. The Balaban J connectivity index is 3.09. The summed E-state index contributed by atoms with van der Waals surface area (Å²) in [5, 5.41) is 2.16. The van der Waals surface area contributed by atoms with E-state index in [-0.39, 0.29) is 10.7 Å². The van der Waals surface area contributed by atoms with Crippen molar-refractivity contribution in [1.29, 1.82) is 0 Å². The molecule has 0 saturated heterocycles. The summed E-state index contributed by atoms with van der Waals surface area (Å²) in [5.41, 5.74) is -1.91. The van der Waals surface area contributed by atoms with Crippen molar-refractivity contribution in [3.63, 3.8) is 0 Å². The number of rotatable bonds is 2. The number of hydrogen-bond donors (Lipinski definition) is 1. The van der Waals surface area contributed by atoms with Crippen LogP contribution in [0.5, 0.6) is 0 Å². The van der Waals surface area contributed by atoms with Crippen LogP contribution in [0.4, 0.5) is 23.7 Å². The SMILES string of the molecule is CC(C)(C)OC(=O)Nc1cc(Cl)ccc1C(=O)C(F)(F)F. The van der Waals surface area contributed by atoms with Crippen LogP contribution >= 0.6 is 11.6 Å². The highest BCUT2D eigenvalue weighted by Gasteiger charge is 2.40. The normalized spacial score (nSPS) is 12.0. The highest BCUT2D eigenvalue weighted by molar-refractivity contribution is 6.31. The summed E-state index contributed by atoms with van der Waals surface area (Å²) in [5.74, 6) is -2.08. The quantitative estimate of drug-likeness (QED) is 0.819. The smallest absolute Gasteiger partial charge is 0.444 e. The molecule has 0 aromatic heterocycles. The molecule has 0 heterocycles. The summed E-state index contributed by atoms with van der Waals surface area (Å²) < 4.78 is 42.4. The molecule has 0 atom stereocenters. The van der Waals surface area contributed by atoms with Crippen LogP contribution in [0.3, 0.4) is 0 Å². The third-order valence-electron chi connectivity index (χ3n) is 2.12. The third kappa shape index (κ3) is 5.26. The Morgan fingerprint density at radius 2 is 1.76 bits per heavy atom. The maximum atomic E-state index is 12.5. The van der Waals surface area contributed by atoms with E-state index < -0.39 is 29.2 Å². The van der Waals surface area contributed by atoms with E-state index in [9.17, 15) is 22.8 Å². The molecule has 0 aliphatic carbocycles. The van der Waals surface area contributed by atoms with Gasteiger partial charge in [-0.15, -0.1) is 0 Å². The fourth-order valence-electron chi connectivity index (χ4n) is 1.38. The van der Waals surface area contributed by atoms with Crippen LogP contribution in [-0.4, -0.2) is 23.7 Å². The number of amides is 1. The minimum Gasteiger partial charge on any atom is -0.444 e. The molecule has 116 valence electrons. The molecule has 0 aliphatic rings. The number of ketones is 1. The van der Waals surface area contributed by atoms with Gasteiger partial charge in [-0.1, -0.05) is 11.6 Å². The standard InChI is InChI=1S/C13H13ClF3NO3/c1-12(2,3)21-11(20)18-9-6-7(14)4-5-8(9)10(19)13(15,16)17/h4-6H,1-3H3,(H,18,20). The van der Waals surface area contributed by atoms with E-state index in [1.807, 2.05) is 0 Å². The number of hydrogen-bond acceptors (Lipinski definition) is 3. The van der Waals surface area contributed by atoms with Gasteiger partial charge >= 0.3 is 12.3 Å². The molecule has 1 aromatic carbocycles. The van der Waals surface area contributed by atoms with E-state index in [4.69, 9.17) is 16.3 Å². The minimum absolute atomic E-state index is 0.0692. The van der Waals surface area contributed by atoms with E-state index in [1.165, 1.54) is 0 Å². The molecular weight excluding hydrogens is 311 g/mol. The van der Waals surface area contributed by atoms with E-state index in [1.54, 1.807) is 20.8 Å². The van der Waals surface area contributed by atoms with Gasteiger partial charge in [0.2, 0.25) is 0 Å². The fourth-order valence-corrected chi connectivity index (χ4v) is 1.56. The lowest BCUT2D eigenvalue weighted by molar-refractivity contribution is -0.0884. The molecular formula is C13H13ClF3NO3. The van der Waals surface area contributed by atoms with Gasteiger partial charge in [0.05, 0.1) is 11.3 Å². The summed E-state index contributed by atoms with van der Waals surface area (Å²) in [7, 11) is 0. The van der Waals surface area contributed by atoms with Gasteiger partial charge in [0, 0.05) is 5.02 Å². The molecule has 1 N–H and O–H groups in total. The summed E-state index contributed by atoms with van der Waals surface area (Å²) in [6, 6.07) is 3.07. The number of nitrogens with one attached hydrogen (secondary N) is 1. The maximum absolute atomic E-state index is 12.5. The Labute approximate surface area is 124 Å². The predicted octanol–water partition coefficient (Wildman–Crippen LogP) is 4.43. The molecule has 0 fully saturated rings. The molecule has 21 heavy (non-hydrogen) atoms. The van der Waals surface area contributed by atoms with Crippen LogP contribution in [0, 0.1) is 0 Å². The Hall–Kier alpha value is -1.76. The number of Topliss-reactive ketones (excluding diaryl/α,β-unsaturated/α-hetero) is 1. The van der Waals surface area contributed by atoms with Gasteiger partial charge in [-0.05, 0) is 39.0 Å². The molecule has 1 rings (SSSR count). The van der Waals surface area contributed by atoms with E-state index in [2.05, 4.69) is 5.32 Å². The number of benzene rings is 1. The Bertz CT molecular complexity index is 565. The van der Waals surface area contributed by atoms with Crippen molar-refractivity contribution in [1.82, 2.24) is 0 Å². The van der Waals surface area contributed by atoms with Crippen molar-refractivity contribution in [3.8, 4) is 0 Å². The second kappa shape index (κ2) is 5.93. The first kappa shape index (κ1) is 17.3. The first-order chi connectivity index (χ1) is 9.40. The zero-order chi connectivity index (χ0) is 16.4. The van der Waals surface area contributed by atoms with Crippen LogP contribution < -0.4 is 5.32 Å². The van der Waals surface area contributed by atoms with Gasteiger partial charge in [-0.2, -0.15) is 13.2 Å². The summed E-state index contributed by atoms with van der Waals surface area (Å²) in [6.45, 7) is 4.77.